The van der Waals surface area contributed by atoms with Gasteiger partial charge >= 0.3 is 11.9 Å². The molecule has 6 heterocycles. The van der Waals surface area contributed by atoms with E-state index in [4.69, 9.17) is 28.4 Å². The van der Waals surface area contributed by atoms with Crippen LogP contribution in [0.2, 0.25) is 0 Å². The predicted molar refractivity (Wildman–Crippen MR) is 322 cm³/mol. The molecule has 6 saturated heterocycles. The SMILES string of the molecule is C1CSCCN1.C=CC(=O)OC1CCC2(C)C(CCC3C2CCC2(C)C3CC3OC4(CCC(C)CO4)C(C)C32)C1.CC1CCC2(OC1)OC1CC3C4CCC5CC(OC(=O)CCN6CCSCC6)CCC5(C)C4CCC3(C)C1C2C. The van der Waals surface area contributed by atoms with E-state index in [-0.39, 0.29) is 35.7 Å². The number of esters is 2. The summed E-state index contributed by atoms with van der Waals surface area (Å²) in [6.45, 7) is 30.9. The van der Waals surface area contributed by atoms with Crippen LogP contribution in [0, 0.1) is 105 Å². The summed E-state index contributed by atoms with van der Waals surface area (Å²) in [6, 6.07) is 0. The van der Waals surface area contributed by atoms with Crippen LogP contribution in [0.15, 0.2) is 12.7 Å². The summed E-state index contributed by atoms with van der Waals surface area (Å²) in [7, 11) is 0. The molecule has 0 radical (unpaired) electrons. The zero-order valence-corrected chi connectivity index (χ0v) is 53.0. The maximum absolute atomic E-state index is 12.8. The number of rotatable bonds is 6. The average molecular weight is 1150 g/mol. The van der Waals surface area contributed by atoms with Gasteiger partial charge in [-0.1, -0.05) is 62.0 Å². The molecule has 14 fully saturated rings. The Morgan fingerprint density at radius 3 is 1.49 bits per heavy atom. The fourth-order valence-electron chi connectivity index (χ4n) is 22.7. The molecule has 80 heavy (non-hydrogen) atoms. The highest BCUT2D eigenvalue weighted by molar-refractivity contribution is 7.99. The Hall–Kier alpha value is -0.860. The Morgan fingerprint density at radius 2 is 1.05 bits per heavy atom. The fraction of sp³-hybridized carbons (Fsp3) is 0.941. The zero-order chi connectivity index (χ0) is 55.8. The van der Waals surface area contributed by atoms with Crippen molar-refractivity contribution in [2.75, 3.05) is 68.9 Å². The van der Waals surface area contributed by atoms with E-state index in [0.29, 0.717) is 87.6 Å². The van der Waals surface area contributed by atoms with E-state index in [1.807, 2.05) is 23.5 Å². The minimum absolute atomic E-state index is 0.0368. The molecule has 0 aromatic rings. The molecule has 0 aromatic carbocycles. The highest BCUT2D eigenvalue weighted by Crippen LogP contribution is 2.73. The van der Waals surface area contributed by atoms with Gasteiger partial charge in [0.15, 0.2) is 11.6 Å². The first-order valence-corrected chi connectivity index (χ1v) is 36.0. The van der Waals surface area contributed by atoms with Crippen molar-refractivity contribution in [3.05, 3.63) is 12.7 Å². The minimum Gasteiger partial charge on any atom is -0.462 e. The maximum Gasteiger partial charge on any atom is 0.330 e. The van der Waals surface area contributed by atoms with Gasteiger partial charge in [-0.2, -0.15) is 23.5 Å². The molecular weight excluding hydrogens is 1040 g/mol. The highest BCUT2D eigenvalue weighted by Gasteiger charge is 2.71. The zero-order valence-electron chi connectivity index (χ0n) is 51.3. The molecule has 8 saturated carbocycles. The monoisotopic (exact) mass is 1150 g/mol. The Bertz CT molecular complexity index is 2160. The molecule has 2 spiro atoms. The third-order valence-corrected chi connectivity index (χ3v) is 29.0. The lowest BCUT2D eigenvalue weighted by Crippen LogP contribution is -2.55. The first kappa shape index (κ1) is 59.5. The Kier molecular flexibility index (Phi) is 17.6. The van der Waals surface area contributed by atoms with Gasteiger partial charge in [0.05, 0.1) is 31.8 Å². The van der Waals surface area contributed by atoms with Gasteiger partial charge in [-0.15, -0.1) is 0 Å². The number of carbonyl (C=O) groups excluding carboxylic acids is 2. The van der Waals surface area contributed by atoms with Gasteiger partial charge in [-0.3, -0.25) is 4.79 Å². The van der Waals surface area contributed by atoms with Crippen LogP contribution in [0.25, 0.3) is 0 Å². The normalized spacial score (nSPS) is 51.9. The van der Waals surface area contributed by atoms with Crippen molar-refractivity contribution in [3.8, 4) is 0 Å². The molecule has 24 atom stereocenters. The smallest absolute Gasteiger partial charge is 0.330 e. The van der Waals surface area contributed by atoms with Gasteiger partial charge in [0, 0.05) is 86.5 Å². The lowest BCUT2D eigenvalue weighted by atomic mass is 9.44. The van der Waals surface area contributed by atoms with Crippen molar-refractivity contribution in [2.24, 2.45) is 105 Å². The van der Waals surface area contributed by atoms with Crippen LogP contribution in [0.1, 0.15) is 190 Å². The summed E-state index contributed by atoms with van der Waals surface area (Å²) in [5, 5.41) is 3.26. The Balaban J connectivity index is 0.000000146. The number of nitrogens with zero attached hydrogens (tertiary/aromatic N) is 1. The summed E-state index contributed by atoms with van der Waals surface area (Å²) < 4.78 is 38.7. The number of thioether (sulfide) groups is 2. The van der Waals surface area contributed by atoms with Crippen LogP contribution in [-0.2, 0) is 38.0 Å². The number of hydrogen-bond donors (Lipinski definition) is 1. The van der Waals surface area contributed by atoms with Crippen LogP contribution >= 0.6 is 23.5 Å². The van der Waals surface area contributed by atoms with Crippen LogP contribution in [-0.4, -0.2) is 122 Å². The van der Waals surface area contributed by atoms with E-state index < -0.39 is 0 Å². The molecule has 0 bridgehead atoms. The summed E-state index contributed by atoms with van der Waals surface area (Å²) in [5.74, 6) is 14.1. The van der Waals surface area contributed by atoms with Gasteiger partial charge in [-0.25, -0.2) is 4.79 Å². The van der Waals surface area contributed by atoms with Crippen LogP contribution < -0.4 is 5.32 Å². The number of carbonyl (C=O) groups is 2. The van der Waals surface area contributed by atoms with E-state index >= 15 is 0 Å². The topological polar surface area (TPSA) is 105 Å². The molecule has 0 aromatic heterocycles. The van der Waals surface area contributed by atoms with Crippen molar-refractivity contribution < 1.29 is 38.0 Å². The molecule has 24 unspecified atom stereocenters. The van der Waals surface area contributed by atoms with E-state index in [0.717, 1.165) is 107 Å². The summed E-state index contributed by atoms with van der Waals surface area (Å²) in [6.07, 6.45) is 27.4. The van der Waals surface area contributed by atoms with Crippen LogP contribution in [0.4, 0.5) is 0 Å². The Morgan fingerprint density at radius 1 is 0.575 bits per heavy atom. The molecule has 14 rings (SSSR count). The highest BCUT2D eigenvalue weighted by atomic mass is 32.2. The first-order valence-electron chi connectivity index (χ1n) is 33.7. The molecule has 1 N–H and O–H groups in total. The van der Waals surface area contributed by atoms with Crippen molar-refractivity contribution in [1.82, 2.24) is 10.2 Å². The molecule has 8 aliphatic carbocycles. The third kappa shape index (κ3) is 10.7. The van der Waals surface area contributed by atoms with Gasteiger partial charge in [0.25, 0.3) is 0 Å². The van der Waals surface area contributed by atoms with E-state index in [1.54, 1.807) is 0 Å². The average Bonchev–Trinajstić information content (AvgIpc) is 4.14. The van der Waals surface area contributed by atoms with Crippen LogP contribution in [0.3, 0.4) is 0 Å². The third-order valence-electron chi connectivity index (χ3n) is 27.1. The number of fused-ring (bicyclic) bond motifs is 14. The van der Waals surface area contributed by atoms with Gasteiger partial charge in [-0.05, 0) is 208 Å². The molecule has 452 valence electrons. The van der Waals surface area contributed by atoms with Crippen LogP contribution in [0.5, 0.6) is 0 Å². The largest absolute Gasteiger partial charge is 0.462 e. The van der Waals surface area contributed by atoms with Gasteiger partial charge in [0.1, 0.15) is 12.2 Å². The van der Waals surface area contributed by atoms with E-state index in [9.17, 15) is 9.59 Å². The second kappa shape index (κ2) is 23.7. The predicted octanol–water partition coefficient (Wildman–Crippen LogP) is 13.6. The number of ether oxygens (including phenoxy) is 6. The Labute approximate surface area is 493 Å². The second-order valence-corrected chi connectivity index (χ2v) is 33.3. The van der Waals surface area contributed by atoms with Gasteiger partial charge < -0.3 is 38.6 Å². The summed E-state index contributed by atoms with van der Waals surface area (Å²) >= 11 is 4.06. The molecule has 6 aliphatic heterocycles. The summed E-state index contributed by atoms with van der Waals surface area (Å²) in [5.41, 5.74) is 1.59. The van der Waals surface area contributed by atoms with Crippen molar-refractivity contribution >= 4 is 35.5 Å². The maximum atomic E-state index is 12.8. The second-order valence-electron chi connectivity index (χ2n) is 30.8. The summed E-state index contributed by atoms with van der Waals surface area (Å²) in [4.78, 5) is 27.0. The number of nitrogens with one attached hydrogen (secondary N) is 1. The quantitative estimate of drug-likeness (QED) is 0.202. The van der Waals surface area contributed by atoms with E-state index in [2.05, 4.69) is 72.2 Å². The molecule has 14 aliphatic rings. The standard InChI is InChI=1S/C34H55NO4S.C30H46O4.C4H9NS/c1-22-7-13-34(37-21-22)23(2)31-29(39-34)20-28-26-6-5-24-19-25(38-30(36)10-14-35-15-17-40-18-16-35)8-11-32(24,3)27(26)9-12-33(28,31)4;1-6-26(31)33-21-10-12-28(4)20(15-21)7-8-22-23(28)11-13-29(5)24(22)16-25-27(29)19(3)30(34-25)14-9-18(2)17-32-30;1-3-6-4-2-5-1/h22-29,31H,5-21H2,1-4H3;6,18-25,27H,1,7-17H2,2-5H3;5H,1-4H2. The van der Waals surface area contributed by atoms with Crippen molar-refractivity contribution in [3.63, 3.8) is 0 Å². The molecular formula is C68H110N2O8S2. The first-order chi connectivity index (χ1) is 38.4. The minimum atomic E-state index is -0.308. The lowest BCUT2D eigenvalue weighted by Gasteiger charge is -2.61. The lowest BCUT2D eigenvalue weighted by molar-refractivity contribution is -0.273. The number of hydrogen-bond acceptors (Lipinski definition) is 12. The van der Waals surface area contributed by atoms with Crippen molar-refractivity contribution in [2.45, 2.75) is 226 Å². The molecule has 0 amide bonds. The molecule has 12 heteroatoms. The molecule has 10 nitrogen and oxygen atoms in total. The van der Waals surface area contributed by atoms with Gasteiger partial charge in [0.2, 0.25) is 0 Å². The van der Waals surface area contributed by atoms with Crippen molar-refractivity contribution in [1.29, 1.82) is 0 Å². The fourth-order valence-corrected chi connectivity index (χ4v) is 24.5. The van der Waals surface area contributed by atoms with E-state index in [1.165, 1.54) is 132 Å².